The second-order valence-electron chi connectivity index (χ2n) is 7.76. The molecule has 5 rings (SSSR count). The zero-order valence-corrected chi connectivity index (χ0v) is 17.7. The van der Waals surface area contributed by atoms with E-state index in [0.29, 0.717) is 22.8 Å². The highest BCUT2D eigenvalue weighted by atomic mass is 16.5. The first-order valence-corrected chi connectivity index (χ1v) is 10.6. The molecule has 0 radical (unpaired) electrons. The number of aromatic amines is 1. The van der Waals surface area contributed by atoms with Gasteiger partial charge in [-0.1, -0.05) is 18.2 Å². The first kappa shape index (κ1) is 20.0. The molecular weight excluding hydrogens is 404 g/mol. The van der Waals surface area contributed by atoms with Crippen molar-refractivity contribution in [3.8, 4) is 17.1 Å². The fourth-order valence-corrected chi connectivity index (χ4v) is 3.89. The van der Waals surface area contributed by atoms with Gasteiger partial charge in [0.25, 0.3) is 5.91 Å². The van der Waals surface area contributed by atoms with Crippen LogP contribution in [0, 0.1) is 0 Å². The van der Waals surface area contributed by atoms with E-state index < -0.39 is 0 Å². The van der Waals surface area contributed by atoms with Crippen molar-refractivity contribution in [2.45, 2.75) is 12.5 Å². The summed E-state index contributed by atoms with van der Waals surface area (Å²) in [6.45, 7) is 1.73. The highest BCUT2D eigenvalue weighted by molar-refractivity contribution is 5.95. The van der Waals surface area contributed by atoms with Gasteiger partial charge in [-0.3, -0.25) is 9.78 Å². The summed E-state index contributed by atoms with van der Waals surface area (Å²) < 4.78 is 5.52. The van der Waals surface area contributed by atoms with Crippen molar-refractivity contribution >= 4 is 28.3 Å². The molecule has 162 valence electrons. The Bertz CT molecular complexity index is 1230. The second-order valence-corrected chi connectivity index (χ2v) is 7.76. The third-order valence-electron chi connectivity index (χ3n) is 5.56. The molecule has 1 fully saturated rings. The van der Waals surface area contributed by atoms with Crippen molar-refractivity contribution in [1.29, 1.82) is 0 Å². The maximum atomic E-state index is 12.6. The smallest absolute Gasteiger partial charge is 0.251 e. The number of amides is 1. The number of nitrogens with one attached hydrogen (secondary N) is 4. The molecule has 2 aromatic heterocycles. The Labute approximate surface area is 185 Å². The van der Waals surface area contributed by atoms with Gasteiger partial charge in [0.05, 0.1) is 30.9 Å². The monoisotopic (exact) mass is 428 g/mol. The lowest BCUT2D eigenvalue weighted by Crippen LogP contribution is -2.36. The number of ether oxygens (including phenoxy) is 1. The molecule has 8 nitrogen and oxygen atoms in total. The van der Waals surface area contributed by atoms with Crippen LogP contribution in [0.3, 0.4) is 0 Å². The predicted octanol–water partition coefficient (Wildman–Crippen LogP) is 3.47. The van der Waals surface area contributed by atoms with Crippen LogP contribution >= 0.6 is 0 Å². The molecule has 3 heterocycles. The molecule has 4 N–H and O–H groups in total. The van der Waals surface area contributed by atoms with E-state index in [0.717, 1.165) is 41.8 Å². The number of para-hydroxylation sites is 1. The Hall–Kier alpha value is -3.91. The molecule has 1 saturated heterocycles. The van der Waals surface area contributed by atoms with Gasteiger partial charge >= 0.3 is 0 Å². The lowest BCUT2D eigenvalue weighted by atomic mass is 10.1. The number of hydrogen-bond acceptors (Lipinski definition) is 6. The molecule has 0 aliphatic carbocycles. The third kappa shape index (κ3) is 4.13. The van der Waals surface area contributed by atoms with E-state index in [9.17, 15) is 4.79 Å². The van der Waals surface area contributed by atoms with Crippen LogP contribution < -0.4 is 20.7 Å². The van der Waals surface area contributed by atoms with Crippen LogP contribution in [0.4, 0.5) is 11.5 Å². The van der Waals surface area contributed by atoms with E-state index in [4.69, 9.17) is 4.74 Å². The quantitative estimate of drug-likeness (QED) is 0.375. The number of benzene rings is 2. The molecule has 0 spiro atoms. The van der Waals surface area contributed by atoms with Crippen molar-refractivity contribution < 1.29 is 9.53 Å². The number of H-pyrrole nitrogens is 1. The summed E-state index contributed by atoms with van der Waals surface area (Å²) in [6.07, 6.45) is 4.31. The van der Waals surface area contributed by atoms with Crippen molar-refractivity contribution in [2.24, 2.45) is 0 Å². The van der Waals surface area contributed by atoms with E-state index in [1.54, 1.807) is 31.6 Å². The van der Waals surface area contributed by atoms with E-state index >= 15 is 0 Å². The Balaban J connectivity index is 1.36. The fourth-order valence-electron chi connectivity index (χ4n) is 3.89. The van der Waals surface area contributed by atoms with Crippen LogP contribution in [-0.2, 0) is 0 Å². The van der Waals surface area contributed by atoms with Crippen molar-refractivity contribution in [1.82, 2.24) is 25.6 Å². The highest BCUT2D eigenvalue weighted by Gasteiger charge is 2.18. The van der Waals surface area contributed by atoms with E-state index in [-0.39, 0.29) is 11.9 Å². The molecule has 2 aromatic carbocycles. The number of fused-ring (bicyclic) bond motifs is 1. The average Bonchev–Trinajstić information content (AvgIpc) is 3.49. The van der Waals surface area contributed by atoms with Gasteiger partial charge < -0.3 is 25.7 Å². The molecule has 4 aromatic rings. The van der Waals surface area contributed by atoms with Gasteiger partial charge in [0.1, 0.15) is 17.3 Å². The van der Waals surface area contributed by atoms with Crippen molar-refractivity contribution in [2.75, 3.05) is 25.5 Å². The zero-order valence-electron chi connectivity index (χ0n) is 17.7. The fraction of sp³-hybridized carbons (Fsp3) is 0.208. The highest BCUT2D eigenvalue weighted by Crippen LogP contribution is 2.29. The van der Waals surface area contributed by atoms with Gasteiger partial charge in [0, 0.05) is 29.1 Å². The van der Waals surface area contributed by atoms with Crippen LogP contribution in [0.5, 0.6) is 5.75 Å². The van der Waals surface area contributed by atoms with Crippen LogP contribution in [-0.4, -0.2) is 47.1 Å². The molecule has 0 bridgehead atoms. The topological polar surface area (TPSA) is 104 Å². The number of nitrogens with zero attached hydrogens (tertiary/aromatic N) is 2. The average molecular weight is 428 g/mol. The van der Waals surface area contributed by atoms with Gasteiger partial charge in [-0.05, 0) is 43.3 Å². The maximum Gasteiger partial charge on any atom is 0.251 e. The van der Waals surface area contributed by atoms with E-state index in [2.05, 4.69) is 43.0 Å². The number of methoxy groups -OCH3 is 1. The predicted molar refractivity (Wildman–Crippen MR) is 124 cm³/mol. The largest absolute Gasteiger partial charge is 0.495 e. The normalized spacial score (nSPS) is 15.6. The van der Waals surface area contributed by atoms with Crippen LogP contribution in [0.15, 0.2) is 60.9 Å². The summed E-state index contributed by atoms with van der Waals surface area (Å²) in [4.78, 5) is 25.0. The molecule has 0 unspecified atom stereocenters. The van der Waals surface area contributed by atoms with Crippen LogP contribution in [0.1, 0.15) is 16.8 Å². The summed E-state index contributed by atoms with van der Waals surface area (Å²) in [5, 5.41) is 10.7. The first-order chi connectivity index (χ1) is 15.7. The van der Waals surface area contributed by atoms with Crippen molar-refractivity contribution in [3.63, 3.8) is 0 Å². The van der Waals surface area contributed by atoms with Gasteiger partial charge in [-0.15, -0.1) is 0 Å². The molecule has 1 amide bonds. The zero-order chi connectivity index (χ0) is 21.9. The summed E-state index contributed by atoms with van der Waals surface area (Å²) in [6, 6.07) is 15.6. The van der Waals surface area contributed by atoms with Gasteiger partial charge in [0.2, 0.25) is 0 Å². The second kappa shape index (κ2) is 8.68. The number of carbonyl (C=O) groups excluding carboxylic acids is 1. The number of carbonyl (C=O) groups is 1. The molecule has 1 aliphatic heterocycles. The van der Waals surface area contributed by atoms with Gasteiger partial charge in [-0.2, -0.15) is 0 Å². The van der Waals surface area contributed by atoms with Crippen LogP contribution in [0.2, 0.25) is 0 Å². The van der Waals surface area contributed by atoms with Gasteiger partial charge in [0.15, 0.2) is 0 Å². The molecule has 1 atom stereocenters. The lowest BCUT2D eigenvalue weighted by Gasteiger charge is -2.14. The molecule has 32 heavy (non-hydrogen) atoms. The number of anilines is 2. The standard InChI is InChI=1S/C24H24N6O2/c1-32-22-11-16(24(31)27-17-8-9-25-12-17)6-7-19(22)29-23-14-26-13-21(30-23)20-10-15-4-2-3-5-18(15)28-20/h2-7,10-11,13-14,17,25,28H,8-9,12H2,1H3,(H,27,31)(H,29,30)/t17-/m1/s1. The number of rotatable bonds is 6. The molecular formula is C24H24N6O2. The van der Waals surface area contributed by atoms with Crippen LogP contribution in [0.25, 0.3) is 22.3 Å². The molecule has 1 aliphatic rings. The number of aromatic nitrogens is 3. The van der Waals surface area contributed by atoms with Crippen molar-refractivity contribution in [3.05, 3.63) is 66.5 Å². The Morgan fingerprint density at radius 2 is 2.06 bits per heavy atom. The minimum Gasteiger partial charge on any atom is -0.495 e. The lowest BCUT2D eigenvalue weighted by molar-refractivity contribution is 0.0939. The molecule has 8 heteroatoms. The third-order valence-corrected chi connectivity index (χ3v) is 5.56. The maximum absolute atomic E-state index is 12.6. The Kier molecular flexibility index (Phi) is 5.43. The minimum atomic E-state index is -0.107. The summed E-state index contributed by atoms with van der Waals surface area (Å²) in [5.74, 6) is 1.03. The van der Waals surface area contributed by atoms with E-state index in [1.807, 2.05) is 24.3 Å². The Morgan fingerprint density at radius 1 is 1.16 bits per heavy atom. The number of hydrogen-bond donors (Lipinski definition) is 4. The summed E-state index contributed by atoms with van der Waals surface area (Å²) in [7, 11) is 1.58. The molecule has 0 saturated carbocycles. The van der Waals surface area contributed by atoms with Gasteiger partial charge in [-0.25, -0.2) is 4.98 Å². The summed E-state index contributed by atoms with van der Waals surface area (Å²) in [5.41, 5.74) is 3.92. The van der Waals surface area contributed by atoms with E-state index in [1.165, 1.54) is 0 Å². The minimum absolute atomic E-state index is 0.107. The SMILES string of the molecule is COc1cc(C(=O)N[C@@H]2CCNC2)ccc1Nc1cncc(-c2cc3ccccc3[nH]2)n1. The first-order valence-electron chi connectivity index (χ1n) is 10.6. The Morgan fingerprint density at radius 3 is 2.88 bits per heavy atom. The summed E-state index contributed by atoms with van der Waals surface area (Å²) >= 11 is 0.